The molecule has 1 saturated heterocycles. The van der Waals surface area contributed by atoms with Crippen LogP contribution in [0.3, 0.4) is 0 Å². The SMILES string of the molecule is CNC1CCCC1N1CCN(C)C(=O)C1. The van der Waals surface area contributed by atoms with Crippen molar-refractivity contribution in [1.29, 1.82) is 0 Å². The molecule has 1 aliphatic carbocycles. The number of hydrogen-bond acceptors (Lipinski definition) is 3. The molecule has 1 N–H and O–H groups in total. The molecule has 1 heterocycles. The molecule has 86 valence electrons. The van der Waals surface area contributed by atoms with Crippen LogP contribution in [0.2, 0.25) is 0 Å². The van der Waals surface area contributed by atoms with Crippen LogP contribution in [-0.4, -0.2) is 61.5 Å². The van der Waals surface area contributed by atoms with E-state index in [1.54, 1.807) is 0 Å². The molecule has 0 aromatic carbocycles. The van der Waals surface area contributed by atoms with Gasteiger partial charge in [-0.2, -0.15) is 0 Å². The zero-order valence-corrected chi connectivity index (χ0v) is 9.70. The minimum Gasteiger partial charge on any atom is -0.343 e. The molecule has 4 heteroatoms. The van der Waals surface area contributed by atoms with Gasteiger partial charge in [0.25, 0.3) is 0 Å². The Balaban J connectivity index is 1.96. The lowest BCUT2D eigenvalue weighted by Crippen LogP contribution is -2.55. The van der Waals surface area contributed by atoms with E-state index >= 15 is 0 Å². The first kappa shape index (κ1) is 10.9. The van der Waals surface area contributed by atoms with E-state index in [1.807, 2.05) is 19.0 Å². The molecule has 0 spiro atoms. The van der Waals surface area contributed by atoms with Crippen molar-refractivity contribution in [2.45, 2.75) is 31.3 Å². The number of rotatable bonds is 2. The van der Waals surface area contributed by atoms with E-state index in [9.17, 15) is 4.79 Å². The highest BCUT2D eigenvalue weighted by Crippen LogP contribution is 2.24. The highest BCUT2D eigenvalue weighted by Gasteiger charge is 2.34. The fourth-order valence-electron chi connectivity index (χ4n) is 2.77. The number of nitrogens with one attached hydrogen (secondary N) is 1. The first-order valence-corrected chi connectivity index (χ1v) is 5.87. The summed E-state index contributed by atoms with van der Waals surface area (Å²) in [6.45, 7) is 2.52. The van der Waals surface area contributed by atoms with Gasteiger partial charge in [-0.15, -0.1) is 0 Å². The highest BCUT2D eigenvalue weighted by molar-refractivity contribution is 5.78. The van der Waals surface area contributed by atoms with Crippen LogP contribution in [0.4, 0.5) is 0 Å². The molecule has 0 aromatic heterocycles. The third-order valence-corrected chi connectivity index (χ3v) is 3.81. The summed E-state index contributed by atoms with van der Waals surface area (Å²) in [7, 11) is 3.92. The van der Waals surface area contributed by atoms with Crippen LogP contribution >= 0.6 is 0 Å². The molecule has 1 saturated carbocycles. The summed E-state index contributed by atoms with van der Waals surface area (Å²) in [5.41, 5.74) is 0. The summed E-state index contributed by atoms with van der Waals surface area (Å²) in [5.74, 6) is 0.267. The largest absolute Gasteiger partial charge is 0.343 e. The number of carbonyl (C=O) groups excluding carboxylic acids is 1. The smallest absolute Gasteiger partial charge is 0.236 e. The van der Waals surface area contributed by atoms with Gasteiger partial charge < -0.3 is 10.2 Å². The molecule has 2 aliphatic rings. The monoisotopic (exact) mass is 211 g/mol. The van der Waals surface area contributed by atoms with Crippen LogP contribution in [0.1, 0.15) is 19.3 Å². The van der Waals surface area contributed by atoms with E-state index in [2.05, 4.69) is 10.2 Å². The predicted molar refractivity (Wildman–Crippen MR) is 59.7 cm³/mol. The topological polar surface area (TPSA) is 35.6 Å². The van der Waals surface area contributed by atoms with Crippen LogP contribution in [0.5, 0.6) is 0 Å². The Kier molecular flexibility index (Phi) is 3.26. The van der Waals surface area contributed by atoms with Gasteiger partial charge in [-0.25, -0.2) is 0 Å². The minimum atomic E-state index is 0.267. The number of hydrogen-bond donors (Lipinski definition) is 1. The normalized spacial score (nSPS) is 33.7. The Hall–Kier alpha value is -0.610. The second-order valence-corrected chi connectivity index (χ2v) is 4.68. The standard InChI is InChI=1S/C11H21N3O/c1-12-9-4-3-5-10(9)14-7-6-13(2)11(15)8-14/h9-10,12H,3-8H2,1-2H3. The molecular formula is C11H21N3O. The van der Waals surface area contributed by atoms with E-state index in [0.29, 0.717) is 18.6 Å². The molecule has 0 radical (unpaired) electrons. The summed E-state index contributed by atoms with van der Waals surface area (Å²) in [6, 6.07) is 1.16. The second-order valence-electron chi connectivity index (χ2n) is 4.68. The molecule has 0 bridgehead atoms. The Morgan fingerprint density at radius 2 is 2.13 bits per heavy atom. The number of nitrogens with zero attached hydrogens (tertiary/aromatic N) is 2. The Morgan fingerprint density at radius 1 is 1.33 bits per heavy atom. The quantitative estimate of drug-likeness (QED) is 0.693. The van der Waals surface area contributed by atoms with Crippen molar-refractivity contribution < 1.29 is 4.79 Å². The lowest BCUT2D eigenvalue weighted by Gasteiger charge is -2.38. The summed E-state index contributed by atoms with van der Waals surface area (Å²) in [6.07, 6.45) is 3.78. The van der Waals surface area contributed by atoms with Gasteiger partial charge in [0.2, 0.25) is 5.91 Å². The Bertz CT molecular complexity index is 244. The number of carbonyl (C=O) groups is 1. The van der Waals surface area contributed by atoms with Crippen LogP contribution < -0.4 is 5.32 Å². The summed E-state index contributed by atoms with van der Waals surface area (Å²) in [5, 5.41) is 3.37. The maximum absolute atomic E-state index is 11.6. The third kappa shape index (κ3) is 2.16. The van der Waals surface area contributed by atoms with Crippen molar-refractivity contribution in [2.75, 3.05) is 33.7 Å². The van der Waals surface area contributed by atoms with Crippen molar-refractivity contribution in [3.05, 3.63) is 0 Å². The van der Waals surface area contributed by atoms with E-state index in [1.165, 1.54) is 19.3 Å². The van der Waals surface area contributed by atoms with E-state index < -0.39 is 0 Å². The van der Waals surface area contributed by atoms with E-state index in [4.69, 9.17) is 0 Å². The van der Waals surface area contributed by atoms with Gasteiger partial charge >= 0.3 is 0 Å². The molecule has 1 amide bonds. The summed E-state index contributed by atoms with van der Waals surface area (Å²) < 4.78 is 0. The zero-order valence-electron chi connectivity index (χ0n) is 9.70. The molecule has 2 atom stereocenters. The van der Waals surface area contributed by atoms with E-state index in [0.717, 1.165) is 13.1 Å². The Morgan fingerprint density at radius 3 is 2.80 bits per heavy atom. The van der Waals surface area contributed by atoms with Crippen molar-refractivity contribution in [3.8, 4) is 0 Å². The lowest BCUT2D eigenvalue weighted by molar-refractivity contribution is -0.135. The summed E-state index contributed by atoms with van der Waals surface area (Å²) >= 11 is 0. The van der Waals surface area contributed by atoms with Crippen LogP contribution in [-0.2, 0) is 4.79 Å². The average molecular weight is 211 g/mol. The zero-order chi connectivity index (χ0) is 10.8. The second kappa shape index (κ2) is 4.49. The molecule has 0 aromatic rings. The minimum absolute atomic E-state index is 0.267. The van der Waals surface area contributed by atoms with Crippen LogP contribution in [0, 0.1) is 0 Å². The Labute approximate surface area is 91.6 Å². The maximum atomic E-state index is 11.6. The van der Waals surface area contributed by atoms with Gasteiger partial charge in [-0.3, -0.25) is 9.69 Å². The van der Waals surface area contributed by atoms with E-state index in [-0.39, 0.29) is 5.91 Å². The molecule has 15 heavy (non-hydrogen) atoms. The van der Waals surface area contributed by atoms with Gasteiger partial charge in [0.15, 0.2) is 0 Å². The first-order valence-electron chi connectivity index (χ1n) is 5.87. The molecule has 2 fully saturated rings. The maximum Gasteiger partial charge on any atom is 0.236 e. The molecule has 1 aliphatic heterocycles. The molecular weight excluding hydrogens is 190 g/mol. The first-order chi connectivity index (χ1) is 7.22. The van der Waals surface area contributed by atoms with Gasteiger partial charge in [-0.05, 0) is 19.9 Å². The predicted octanol–water partition coefficient (Wildman–Crippen LogP) is -0.0991. The van der Waals surface area contributed by atoms with Crippen LogP contribution in [0.25, 0.3) is 0 Å². The fraction of sp³-hybridized carbons (Fsp3) is 0.909. The number of likely N-dealkylation sites (N-methyl/N-ethyl adjacent to an activating group) is 2. The van der Waals surface area contributed by atoms with Crippen molar-refractivity contribution in [2.24, 2.45) is 0 Å². The molecule has 4 nitrogen and oxygen atoms in total. The highest BCUT2D eigenvalue weighted by atomic mass is 16.2. The molecule has 2 rings (SSSR count). The van der Waals surface area contributed by atoms with Gasteiger partial charge in [0.05, 0.1) is 6.54 Å². The van der Waals surface area contributed by atoms with Crippen molar-refractivity contribution in [1.82, 2.24) is 15.1 Å². The van der Waals surface area contributed by atoms with Gasteiger partial charge in [0.1, 0.15) is 0 Å². The lowest BCUT2D eigenvalue weighted by atomic mass is 10.1. The number of amides is 1. The fourth-order valence-corrected chi connectivity index (χ4v) is 2.77. The summed E-state index contributed by atoms with van der Waals surface area (Å²) in [4.78, 5) is 15.8. The van der Waals surface area contributed by atoms with Crippen molar-refractivity contribution in [3.63, 3.8) is 0 Å². The number of piperazine rings is 1. The third-order valence-electron chi connectivity index (χ3n) is 3.81. The average Bonchev–Trinajstić information content (AvgIpc) is 2.70. The molecule has 2 unspecified atom stereocenters. The van der Waals surface area contributed by atoms with Crippen LogP contribution in [0.15, 0.2) is 0 Å². The van der Waals surface area contributed by atoms with Gasteiger partial charge in [0, 0.05) is 32.2 Å². The van der Waals surface area contributed by atoms with Gasteiger partial charge in [-0.1, -0.05) is 6.42 Å². The van der Waals surface area contributed by atoms with Crippen molar-refractivity contribution >= 4 is 5.91 Å².